The Morgan fingerprint density at radius 3 is 2.20 bits per heavy atom. The van der Waals surface area contributed by atoms with E-state index in [2.05, 4.69) is 0 Å². The zero-order valence-electron chi connectivity index (χ0n) is 11.5. The molecule has 7 heteroatoms. The van der Waals surface area contributed by atoms with Crippen molar-refractivity contribution >= 4 is 5.97 Å². The van der Waals surface area contributed by atoms with E-state index in [1.807, 2.05) is 0 Å². The molecule has 0 aromatic carbocycles. The van der Waals surface area contributed by atoms with Crippen molar-refractivity contribution in [3.63, 3.8) is 0 Å². The number of hydrogen-bond donors (Lipinski definition) is 1. The van der Waals surface area contributed by atoms with Gasteiger partial charge in [0.2, 0.25) is 5.76 Å². The summed E-state index contributed by atoms with van der Waals surface area (Å²) < 4.78 is 25.6. The molecule has 0 bridgehead atoms. The Morgan fingerprint density at radius 1 is 1.05 bits per heavy atom. The Kier molecular flexibility index (Phi) is 8.64. The monoisotopic (exact) mass is 288 g/mol. The maximum atomic E-state index is 10.6. The van der Waals surface area contributed by atoms with Gasteiger partial charge in [0.05, 0.1) is 39.6 Å². The van der Waals surface area contributed by atoms with Gasteiger partial charge in [-0.25, -0.2) is 4.79 Å². The SMILES string of the molecule is COCCOCCOCCOCc1ccc(C(=O)O)o1. The van der Waals surface area contributed by atoms with Crippen molar-refractivity contribution in [2.45, 2.75) is 6.61 Å². The van der Waals surface area contributed by atoms with Gasteiger partial charge in [0, 0.05) is 7.11 Å². The van der Waals surface area contributed by atoms with Gasteiger partial charge in [-0.3, -0.25) is 0 Å². The quantitative estimate of drug-likeness (QED) is 0.578. The summed E-state index contributed by atoms with van der Waals surface area (Å²) in [6.07, 6.45) is 0. The van der Waals surface area contributed by atoms with Crippen molar-refractivity contribution < 1.29 is 33.3 Å². The van der Waals surface area contributed by atoms with E-state index in [4.69, 9.17) is 28.5 Å². The summed E-state index contributed by atoms with van der Waals surface area (Å²) in [5.41, 5.74) is 0. The zero-order chi connectivity index (χ0) is 14.6. The van der Waals surface area contributed by atoms with E-state index in [1.54, 1.807) is 13.2 Å². The van der Waals surface area contributed by atoms with Crippen LogP contribution in [0.5, 0.6) is 0 Å². The van der Waals surface area contributed by atoms with Crippen LogP contribution in [0, 0.1) is 0 Å². The molecule has 0 amide bonds. The Labute approximate surface area is 117 Å². The molecule has 0 aliphatic rings. The van der Waals surface area contributed by atoms with Crippen LogP contribution in [0.1, 0.15) is 16.3 Å². The van der Waals surface area contributed by atoms with Crippen LogP contribution in [0.2, 0.25) is 0 Å². The lowest BCUT2D eigenvalue weighted by Gasteiger charge is -2.05. The van der Waals surface area contributed by atoms with Crippen LogP contribution in [0.15, 0.2) is 16.5 Å². The number of furan rings is 1. The summed E-state index contributed by atoms with van der Waals surface area (Å²) >= 11 is 0. The standard InChI is InChI=1S/C13H20O7/c1-16-4-5-17-6-7-18-8-9-19-10-11-2-3-12(20-11)13(14)15/h2-3H,4-10H2,1H3,(H,14,15). The van der Waals surface area contributed by atoms with E-state index in [9.17, 15) is 4.79 Å². The third kappa shape index (κ3) is 7.25. The summed E-state index contributed by atoms with van der Waals surface area (Å²) in [4.78, 5) is 10.6. The molecule has 7 nitrogen and oxygen atoms in total. The lowest BCUT2D eigenvalue weighted by Crippen LogP contribution is -2.11. The average Bonchev–Trinajstić information content (AvgIpc) is 2.90. The number of hydrogen-bond acceptors (Lipinski definition) is 6. The molecule has 1 aromatic heterocycles. The molecule has 20 heavy (non-hydrogen) atoms. The van der Waals surface area contributed by atoms with Crippen LogP contribution in [0.4, 0.5) is 0 Å². The Hall–Kier alpha value is -1.41. The van der Waals surface area contributed by atoms with E-state index in [0.717, 1.165) is 0 Å². The summed E-state index contributed by atoms with van der Waals surface area (Å²) in [6, 6.07) is 2.98. The van der Waals surface area contributed by atoms with Crippen LogP contribution < -0.4 is 0 Å². The minimum atomic E-state index is -1.09. The van der Waals surface area contributed by atoms with Gasteiger partial charge in [-0.15, -0.1) is 0 Å². The first-order valence-electron chi connectivity index (χ1n) is 6.28. The van der Waals surface area contributed by atoms with Crippen LogP contribution in [-0.4, -0.2) is 57.8 Å². The molecule has 0 unspecified atom stereocenters. The molecule has 0 radical (unpaired) electrons. The van der Waals surface area contributed by atoms with Gasteiger partial charge in [0.25, 0.3) is 0 Å². The van der Waals surface area contributed by atoms with E-state index < -0.39 is 5.97 Å². The number of methoxy groups -OCH3 is 1. The second kappa shape index (κ2) is 10.4. The van der Waals surface area contributed by atoms with E-state index >= 15 is 0 Å². The average molecular weight is 288 g/mol. The smallest absolute Gasteiger partial charge is 0.371 e. The first-order valence-corrected chi connectivity index (χ1v) is 6.28. The molecule has 0 fully saturated rings. The molecule has 1 N–H and O–H groups in total. The van der Waals surface area contributed by atoms with Crippen molar-refractivity contribution in [2.75, 3.05) is 46.8 Å². The molecule has 0 atom stereocenters. The fourth-order valence-electron chi connectivity index (χ4n) is 1.33. The van der Waals surface area contributed by atoms with Gasteiger partial charge in [0.15, 0.2) is 0 Å². The molecule has 1 aromatic rings. The van der Waals surface area contributed by atoms with E-state index in [0.29, 0.717) is 45.4 Å². The van der Waals surface area contributed by atoms with E-state index in [-0.39, 0.29) is 12.4 Å². The summed E-state index contributed by atoms with van der Waals surface area (Å²) in [6.45, 7) is 3.22. The topological polar surface area (TPSA) is 87.4 Å². The minimum absolute atomic E-state index is 0.0898. The fourth-order valence-corrected chi connectivity index (χ4v) is 1.33. The lowest BCUT2D eigenvalue weighted by atomic mass is 10.4. The Bertz CT molecular complexity index is 375. The van der Waals surface area contributed by atoms with Crippen molar-refractivity contribution in [2.24, 2.45) is 0 Å². The van der Waals surface area contributed by atoms with Gasteiger partial charge in [-0.2, -0.15) is 0 Å². The van der Waals surface area contributed by atoms with Crippen LogP contribution in [0.3, 0.4) is 0 Å². The number of aromatic carboxylic acids is 1. The molecule has 114 valence electrons. The van der Waals surface area contributed by atoms with Crippen molar-refractivity contribution in [1.29, 1.82) is 0 Å². The molecular weight excluding hydrogens is 268 g/mol. The first kappa shape index (κ1) is 16.6. The van der Waals surface area contributed by atoms with Gasteiger partial charge in [-0.1, -0.05) is 0 Å². The number of ether oxygens (including phenoxy) is 4. The first-order chi connectivity index (χ1) is 9.74. The second-order valence-electron chi connectivity index (χ2n) is 3.84. The Morgan fingerprint density at radius 2 is 1.65 bits per heavy atom. The van der Waals surface area contributed by atoms with Crippen LogP contribution in [-0.2, 0) is 25.6 Å². The Balaban J connectivity index is 1.93. The van der Waals surface area contributed by atoms with E-state index in [1.165, 1.54) is 6.07 Å². The molecule has 0 saturated carbocycles. The summed E-state index contributed by atoms with van der Waals surface area (Å²) in [5, 5.41) is 8.67. The molecule has 0 spiro atoms. The maximum Gasteiger partial charge on any atom is 0.371 e. The molecular formula is C13H20O7. The normalized spacial score (nSPS) is 10.8. The number of rotatable bonds is 12. The number of carboxylic acids is 1. The fraction of sp³-hybridized carbons (Fsp3) is 0.615. The van der Waals surface area contributed by atoms with Crippen molar-refractivity contribution in [3.05, 3.63) is 23.7 Å². The van der Waals surface area contributed by atoms with Crippen molar-refractivity contribution in [3.8, 4) is 0 Å². The van der Waals surface area contributed by atoms with Crippen molar-refractivity contribution in [1.82, 2.24) is 0 Å². The van der Waals surface area contributed by atoms with Gasteiger partial charge < -0.3 is 28.5 Å². The maximum absolute atomic E-state index is 10.6. The lowest BCUT2D eigenvalue weighted by molar-refractivity contribution is -0.00140. The third-order valence-electron chi connectivity index (χ3n) is 2.29. The third-order valence-corrected chi connectivity index (χ3v) is 2.29. The minimum Gasteiger partial charge on any atom is -0.475 e. The largest absolute Gasteiger partial charge is 0.475 e. The van der Waals surface area contributed by atoms with Crippen LogP contribution >= 0.6 is 0 Å². The predicted octanol–water partition coefficient (Wildman–Crippen LogP) is 1.17. The number of carbonyl (C=O) groups is 1. The summed E-state index contributed by atoms with van der Waals surface area (Å²) in [5.74, 6) is -0.702. The highest BCUT2D eigenvalue weighted by Crippen LogP contribution is 2.08. The predicted molar refractivity (Wildman–Crippen MR) is 68.8 cm³/mol. The second-order valence-corrected chi connectivity index (χ2v) is 3.84. The highest BCUT2D eigenvalue weighted by Gasteiger charge is 2.08. The molecule has 1 heterocycles. The highest BCUT2D eigenvalue weighted by atomic mass is 16.6. The molecule has 0 saturated heterocycles. The van der Waals surface area contributed by atoms with Gasteiger partial charge >= 0.3 is 5.97 Å². The summed E-state index contributed by atoms with van der Waals surface area (Å²) in [7, 11) is 1.62. The molecule has 1 rings (SSSR count). The highest BCUT2D eigenvalue weighted by molar-refractivity contribution is 5.84. The van der Waals surface area contributed by atoms with Gasteiger partial charge in [-0.05, 0) is 12.1 Å². The molecule has 0 aliphatic heterocycles. The molecule has 0 aliphatic carbocycles. The number of carboxylic acid groups (broad SMARTS) is 1. The van der Waals surface area contributed by atoms with Crippen LogP contribution in [0.25, 0.3) is 0 Å². The zero-order valence-corrected chi connectivity index (χ0v) is 11.5. The van der Waals surface area contributed by atoms with Gasteiger partial charge in [0.1, 0.15) is 12.4 Å².